The van der Waals surface area contributed by atoms with E-state index in [1.807, 2.05) is 0 Å². The van der Waals surface area contributed by atoms with Gasteiger partial charge in [0.2, 0.25) is 0 Å². The van der Waals surface area contributed by atoms with Crippen molar-refractivity contribution in [3.8, 4) is 0 Å². The molecule has 2 atom stereocenters. The van der Waals surface area contributed by atoms with E-state index in [-0.39, 0.29) is 5.41 Å². The van der Waals surface area contributed by atoms with Gasteiger partial charge in [0.25, 0.3) is 0 Å². The van der Waals surface area contributed by atoms with E-state index < -0.39 is 0 Å². The molecule has 100 valence electrons. The molecular weight excluding hydrogens is 208 g/mol. The first-order valence-corrected chi connectivity index (χ1v) is 7.14. The summed E-state index contributed by atoms with van der Waals surface area (Å²) in [6.07, 6.45) is 5.52. The lowest BCUT2D eigenvalue weighted by Gasteiger charge is -2.39. The zero-order valence-corrected chi connectivity index (χ0v) is 12.6. The molecule has 1 rings (SSSR count). The summed E-state index contributed by atoms with van der Waals surface area (Å²) in [4.78, 5) is 12.2. The average molecular weight is 238 g/mol. The molecule has 1 aliphatic carbocycles. The van der Waals surface area contributed by atoms with Crippen LogP contribution in [0, 0.1) is 22.7 Å². The number of carbonyl (C=O) groups is 1. The van der Waals surface area contributed by atoms with E-state index in [4.69, 9.17) is 0 Å². The Morgan fingerprint density at radius 3 is 2.12 bits per heavy atom. The number of carbonyl (C=O) groups excluding carboxylic acids is 1. The summed E-state index contributed by atoms with van der Waals surface area (Å²) in [6.45, 7) is 13.6. The van der Waals surface area contributed by atoms with Crippen molar-refractivity contribution in [2.75, 3.05) is 0 Å². The van der Waals surface area contributed by atoms with Crippen molar-refractivity contribution in [1.82, 2.24) is 0 Å². The zero-order valence-electron chi connectivity index (χ0n) is 12.6. The SMILES string of the molecule is CC1CCC(C(C)(C)CCC(C)(C)C)C(=O)C1. The molecule has 0 amide bonds. The number of Topliss-reactive ketones (excluding diaryl/α,β-unsaturated/α-hetero) is 1. The Morgan fingerprint density at radius 2 is 1.65 bits per heavy atom. The molecule has 1 fully saturated rings. The van der Waals surface area contributed by atoms with Crippen LogP contribution in [-0.4, -0.2) is 5.78 Å². The van der Waals surface area contributed by atoms with E-state index in [1.165, 1.54) is 19.3 Å². The standard InChI is InChI=1S/C16H30O/c1-12-7-8-13(14(17)11-12)16(5,6)10-9-15(2,3)4/h12-13H,7-11H2,1-6H3. The highest BCUT2D eigenvalue weighted by atomic mass is 16.1. The molecule has 1 heteroatoms. The normalized spacial score (nSPS) is 27.3. The van der Waals surface area contributed by atoms with Crippen molar-refractivity contribution in [2.24, 2.45) is 22.7 Å². The highest BCUT2D eigenvalue weighted by molar-refractivity contribution is 5.82. The maximum absolute atomic E-state index is 12.2. The van der Waals surface area contributed by atoms with E-state index in [9.17, 15) is 4.79 Å². The Hall–Kier alpha value is -0.330. The molecule has 1 nitrogen and oxygen atoms in total. The van der Waals surface area contributed by atoms with Gasteiger partial charge in [0, 0.05) is 12.3 Å². The van der Waals surface area contributed by atoms with Crippen LogP contribution in [0.25, 0.3) is 0 Å². The van der Waals surface area contributed by atoms with Crippen molar-refractivity contribution >= 4 is 5.78 Å². The summed E-state index contributed by atoms with van der Waals surface area (Å²) in [6, 6.07) is 0. The number of hydrogen-bond acceptors (Lipinski definition) is 1. The molecule has 0 aromatic carbocycles. The molecular formula is C16H30O. The van der Waals surface area contributed by atoms with Crippen molar-refractivity contribution in [3.63, 3.8) is 0 Å². The Bertz CT molecular complexity index is 270. The van der Waals surface area contributed by atoms with Gasteiger partial charge in [-0.1, -0.05) is 41.5 Å². The highest BCUT2D eigenvalue weighted by Crippen LogP contribution is 2.42. The molecule has 0 spiro atoms. The van der Waals surface area contributed by atoms with Crippen molar-refractivity contribution in [2.45, 2.75) is 73.6 Å². The third-order valence-electron chi connectivity index (χ3n) is 4.35. The monoisotopic (exact) mass is 238 g/mol. The second-order valence-electron chi connectivity index (χ2n) is 7.95. The molecule has 2 unspecified atom stereocenters. The van der Waals surface area contributed by atoms with Crippen LogP contribution in [0.4, 0.5) is 0 Å². The lowest BCUT2D eigenvalue weighted by molar-refractivity contribution is -0.130. The molecule has 1 aliphatic rings. The summed E-state index contributed by atoms with van der Waals surface area (Å²) in [5, 5.41) is 0. The van der Waals surface area contributed by atoms with Gasteiger partial charge in [-0.05, 0) is 42.4 Å². The third-order valence-corrected chi connectivity index (χ3v) is 4.35. The predicted octanol–water partition coefficient (Wildman–Crippen LogP) is 4.84. The van der Waals surface area contributed by atoms with Crippen LogP contribution in [0.1, 0.15) is 73.6 Å². The van der Waals surface area contributed by atoms with Crippen LogP contribution in [0.3, 0.4) is 0 Å². The average Bonchev–Trinajstić information content (AvgIpc) is 2.13. The van der Waals surface area contributed by atoms with Gasteiger partial charge in [-0.15, -0.1) is 0 Å². The minimum absolute atomic E-state index is 0.185. The van der Waals surface area contributed by atoms with E-state index in [0.717, 1.165) is 12.8 Å². The lowest BCUT2D eigenvalue weighted by Crippen LogP contribution is -2.36. The van der Waals surface area contributed by atoms with Crippen molar-refractivity contribution < 1.29 is 4.79 Å². The summed E-state index contributed by atoms with van der Waals surface area (Å²) in [5.74, 6) is 1.43. The van der Waals surface area contributed by atoms with E-state index in [2.05, 4.69) is 41.5 Å². The largest absolute Gasteiger partial charge is 0.299 e. The topological polar surface area (TPSA) is 17.1 Å². The molecule has 0 radical (unpaired) electrons. The molecule has 0 N–H and O–H groups in total. The molecule has 0 aliphatic heterocycles. The van der Waals surface area contributed by atoms with Gasteiger partial charge < -0.3 is 0 Å². The second kappa shape index (κ2) is 5.12. The van der Waals surface area contributed by atoms with E-state index >= 15 is 0 Å². The number of hydrogen-bond donors (Lipinski definition) is 0. The first-order valence-electron chi connectivity index (χ1n) is 7.14. The quantitative estimate of drug-likeness (QED) is 0.687. The van der Waals surface area contributed by atoms with Crippen molar-refractivity contribution in [1.29, 1.82) is 0 Å². The minimum atomic E-state index is 0.185. The smallest absolute Gasteiger partial charge is 0.136 e. The van der Waals surface area contributed by atoms with Gasteiger partial charge >= 0.3 is 0 Å². The first kappa shape index (κ1) is 14.7. The zero-order chi connectivity index (χ0) is 13.3. The van der Waals surface area contributed by atoms with Crippen LogP contribution < -0.4 is 0 Å². The third kappa shape index (κ3) is 4.44. The van der Waals surface area contributed by atoms with Gasteiger partial charge in [-0.3, -0.25) is 4.79 Å². The summed E-state index contributed by atoms with van der Waals surface area (Å²) >= 11 is 0. The van der Waals surface area contributed by atoms with Gasteiger partial charge in [0.1, 0.15) is 5.78 Å². The highest BCUT2D eigenvalue weighted by Gasteiger charge is 2.38. The first-order chi connectivity index (χ1) is 7.62. The maximum atomic E-state index is 12.2. The minimum Gasteiger partial charge on any atom is -0.299 e. The van der Waals surface area contributed by atoms with Gasteiger partial charge in [-0.25, -0.2) is 0 Å². The Morgan fingerprint density at radius 1 is 1.06 bits per heavy atom. The van der Waals surface area contributed by atoms with Crippen LogP contribution in [0.15, 0.2) is 0 Å². The number of rotatable bonds is 3. The summed E-state index contributed by atoms with van der Waals surface area (Å²) < 4.78 is 0. The molecule has 0 saturated heterocycles. The van der Waals surface area contributed by atoms with Crippen LogP contribution in [-0.2, 0) is 4.79 Å². The maximum Gasteiger partial charge on any atom is 0.136 e. The fraction of sp³-hybridized carbons (Fsp3) is 0.938. The molecule has 0 heterocycles. The Labute approximate surface area is 107 Å². The lowest BCUT2D eigenvalue weighted by atomic mass is 9.65. The van der Waals surface area contributed by atoms with Crippen molar-refractivity contribution in [3.05, 3.63) is 0 Å². The fourth-order valence-corrected chi connectivity index (χ4v) is 2.90. The summed E-state index contributed by atoms with van der Waals surface area (Å²) in [7, 11) is 0. The van der Waals surface area contributed by atoms with Gasteiger partial charge in [0.05, 0.1) is 0 Å². The van der Waals surface area contributed by atoms with Crippen LogP contribution in [0.2, 0.25) is 0 Å². The van der Waals surface area contributed by atoms with Crippen LogP contribution >= 0.6 is 0 Å². The van der Waals surface area contributed by atoms with E-state index in [0.29, 0.717) is 23.0 Å². The second-order valence-corrected chi connectivity index (χ2v) is 7.95. The van der Waals surface area contributed by atoms with Crippen LogP contribution in [0.5, 0.6) is 0 Å². The predicted molar refractivity (Wildman–Crippen MR) is 74.0 cm³/mol. The Balaban J connectivity index is 2.60. The molecule has 0 aromatic rings. The van der Waals surface area contributed by atoms with Gasteiger partial charge in [-0.2, -0.15) is 0 Å². The molecule has 1 saturated carbocycles. The van der Waals surface area contributed by atoms with Gasteiger partial charge in [0.15, 0.2) is 0 Å². The summed E-state index contributed by atoms with van der Waals surface area (Å²) in [5.41, 5.74) is 0.562. The fourth-order valence-electron chi connectivity index (χ4n) is 2.90. The molecule has 0 aromatic heterocycles. The number of ketones is 1. The molecule has 17 heavy (non-hydrogen) atoms. The van der Waals surface area contributed by atoms with E-state index in [1.54, 1.807) is 0 Å². The molecule has 0 bridgehead atoms. The Kier molecular flexibility index (Phi) is 4.43.